The van der Waals surface area contributed by atoms with Gasteiger partial charge >= 0.3 is 0 Å². The second-order valence-electron chi connectivity index (χ2n) is 6.50. The minimum Gasteiger partial charge on any atom is -0.324 e. The van der Waals surface area contributed by atoms with Crippen LogP contribution in [0.3, 0.4) is 0 Å². The zero-order valence-corrected chi connectivity index (χ0v) is 15.9. The molecule has 5 nitrogen and oxygen atoms in total. The van der Waals surface area contributed by atoms with Crippen molar-refractivity contribution in [1.29, 1.82) is 4.78 Å². The summed E-state index contributed by atoms with van der Waals surface area (Å²) in [6.07, 6.45) is 2.25. The number of hydrogen-bond acceptors (Lipinski definition) is 5. The Balaban J connectivity index is 1.96. The van der Waals surface area contributed by atoms with Crippen LogP contribution in [-0.2, 0) is 15.5 Å². The van der Waals surface area contributed by atoms with Crippen LogP contribution < -0.4 is 5.32 Å². The Morgan fingerprint density at radius 2 is 1.86 bits per heavy atom. The Bertz CT molecular complexity index is 1150. The van der Waals surface area contributed by atoms with E-state index in [-0.39, 0.29) is 23.0 Å². The second kappa shape index (κ2) is 7.59. The van der Waals surface area contributed by atoms with Crippen LogP contribution in [0.4, 0.5) is 24.8 Å². The largest absolute Gasteiger partial charge is 0.324 e. The van der Waals surface area contributed by atoms with Gasteiger partial charge in [0, 0.05) is 33.3 Å². The van der Waals surface area contributed by atoms with Crippen LogP contribution in [0.25, 0.3) is 11.3 Å². The van der Waals surface area contributed by atoms with Gasteiger partial charge in [0.2, 0.25) is 5.95 Å². The van der Waals surface area contributed by atoms with Gasteiger partial charge in [-0.3, -0.25) is 4.78 Å². The SMILES string of the molecule is Cc1cc(C[S@](C)(=N)=O)cc(Nc2ncc(F)c(-c3ccc(F)cc3F)n2)c1. The van der Waals surface area contributed by atoms with Gasteiger partial charge < -0.3 is 5.32 Å². The monoisotopic (exact) mass is 406 g/mol. The Hall–Kier alpha value is -2.94. The highest BCUT2D eigenvalue weighted by Crippen LogP contribution is 2.26. The van der Waals surface area contributed by atoms with Crippen molar-refractivity contribution >= 4 is 21.4 Å². The lowest BCUT2D eigenvalue weighted by atomic mass is 10.1. The summed E-state index contributed by atoms with van der Waals surface area (Å²) < 4.78 is 60.6. The second-order valence-corrected chi connectivity index (χ2v) is 8.79. The lowest BCUT2D eigenvalue weighted by Gasteiger charge is -2.11. The van der Waals surface area contributed by atoms with Gasteiger partial charge in [-0.25, -0.2) is 27.3 Å². The maximum atomic E-state index is 14.1. The average Bonchev–Trinajstić information content (AvgIpc) is 2.55. The van der Waals surface area contributed by atoms with E-state index in [1.54, 1.807) is 12.1 Å². The number of benzene rings is 2. The predicted octanol–water partition coefficient (Wildman–Crippen LogP) is 4.79. The zero-order valence-electron chi connectivity index (χ0n) is 15.1. The Kier molecular flexibility index (Phi) is 5.37. The van der Waals surface area contributed by atoms with Crippen LogP contribution in [0.1, 0.15) is 11.1 Å². The Morgan fingerprint density at radius 1 is 1.11 bits per heavy atom. The van der Waals surface area contributed by atoms with Crippen LogP contribution in [0.5, 0.6) is 0 Å². The van der Waals surface area contributed by atoms with E-state index < -0.39 is 27.2 Å². The predicted molar refractivity (Wildman–Crippen MR) is 102 cm³/mol. The minimum absolute atomic E-state index is 0.0137. The number of rotatable bonds is 5. The van der Waals surface area contributed by atoms with E-state index in [4.69, 9.17) is 4.78 Å². The molecule has 1 heterocycles. The van der Waals surface area contributed by atoms with Crippen molar-refractivity contribution in [3.8, 4) is 11.3 Å². The van der Waals surface area contributed by atoms with E-state index in [9.17, 15) is 17.4 Å². The molecule has 0 saturated heterocycles. The first-order valence-corrected chi connectivity index (χ1v) is 10.3. The van der Waals surface area contributed by atoms with Crippen LogP contribution in [0, 0.1) is 29.2 Å². The summed E-state index contributed by atoms with van der Waals surface area (Å²) in [7, 11) is -2.72. The number of anilines is 2. The summed E-state index contributed by atoms with van der Waals surface area (Å²) in [5.74, 6) is -2.46. The molecule has 0 fully saturated rings. The number of nitrogens with one attached hydrogen (secondary N) is 2. The van der Waals surface area contributed by atoms with Gasteiger partial charge in [-0.2, -0.15) is 0 Å². The fourth-order valence-corrected chi connectivity index (χ4v) is 3.57. The lowest BCUT2D eigenvalue weighted by molar-refractivity contribution is 0.580. The van der Waals surface area contributed by atoms with Crippen molar-refractivity contribution < 1.29 is 17.4 Å². The van der Waals surface area contributed by atoms with E-state index in [1.807, 2.05) is 13.0 Å². The third-order valence-corrected chi connectivity index (χ3v) is 4.65. The summed E-state index contributed by atoms with van der Waals surface area (Å²) in [6.45, 7) is 1.83. The molecule has 0 amide bonds. The van der Waals surface area contributed by atoms with Crippen molar-refractivity contribution in [3.63, 3.8) is 0 Å². The summed E-state index contributed by atoms with van der Waals surface area (Å²) >= 11 is 0. The Labute approximate surface area is 160 Å². The molecule has 1 aromatic heterocycles. The molecule has 28 heavy (non-hydrogen) atoms. The highest BCUT2D eigenvalue weighted by atomic mass is 32.2. The maximum absolute atomic E-state index is 14.1. The van der Waals surface area contributed by atoms with Crippen LogP contribution in [0.15, 0.2) is 42.6 Å². The molecule has 0 radical (unpaired) electrons. The molecule has 0 spiro atoms. The van der Waals surface area contributed by atoms with Gasteiger partial charge in [0.05, 0.1) is 11.9 Å². The highest BCUT2D eigenvalue weighted by Gasteiger charge is 2.15. The standard InChI is InChI=1S/C19H17F3N4OS/c1-11-5-12(10-28(2,23)27)7-14(6-11)25-19-24-9-17(22)18(26-19)15-4-3-13(20)8-16(15)21/h3-9,23H,10H2,1-2H3,(H,24,25,26)/t28-/m1/s1. The quantitative estimate of drug-likeness (QED) is 0.639. The van der Waals surface area contributed by atoms with E-state index in [2.05, 4.69) is 15.3 Å². The van der Waals surface area contributed by atoms with E-state index in [1.165, 1.54) is 6.26 Å². The summed E-state index contributed by atoms with van der Waals surface area (Å²) in [4.78, 5) is 7.86. The molecule has 3 rings (SSSR count). The molecule has 0 bridgehead atoms. The molecule has 146 valence electrons. The van der Waals surface area contributed by atoms with E-state index in [0.717, 1.165) is 23.9 Å². The first-order chi connectivity index (χ1) is 13.1. The number of halogens is 3. The molecule has 0 aliphatic rings. The zero-order chi connectivity index (χ0) is 20.5. The molecule has 0 aliphatic heterocycles. The third-order valence-electron chi connectivity index (χ3n) is 3.77. The smallest absolute Gasteiger partial charge is 0.227 e. The normalized spacial score (nSPS) is 13.2. The highest BCUT2D eigenvalue weighted by molar-refractivity contribution is 7.90. The van der Waals surface area contributed by atoms with Gasteiger partial charge in [-0.1, -0.05) is 6.07 Å². The number of nitrogens with zero attached hydrogens (tertiary/aromatic N) is 2. The summed E-state index contributed by atoms with van der Waals surface area (Å²) in [5.41, 5.74) is 1.61. The van der Waals surface area contributed by atoms with Gasteiger partial charge in [-0.05, 0) is 42.3 Å². The molecule has 9 heteroatoms. The fraction of sp³-hybridized carbons (Fsp3) is 0.158. The molecule has 3 aromatic rings. The molecule has 2 N–H and O–H groups in total. The van der Waals surface area contributed by atoms with Crippen molar-refractivity contribution in [3.05, 3.63) is 71.2 Å². The van der Waals surface area contributed by atoms with E-state index in [0.29, 0.717) is 17.3 Å². The summed E-state index contributed by atoms with van der Waals surface area (Å²) in [6, 6.07) is 8.05. The van der Waals surface area contributed by atoms with Gasteiger partial charge in [-0.15, -0.1) is 0 Å². The van der Waals surface area contributed by atoms with Crippen molar-refractivity contribution in [2.75, 3.05) is 11.6 Å². The lowest BCUT2D eigenvalue weighted by Crippen LogP contribution is -2.03. The van der Waals surface area contributed by atoms with Gasteiger partial charge in [0.15, 0.2) is 5.82 Å². The topological polar surface area (TPSA) is 78.7 Å². The average molecular weight is 406 g/mol. The molecule has 0 aliphatic carbocycles. The molecule has 1 atom stereocenters. The van der Waals surface area contributed by atoms with Gasteiger partial charge in [0.25, 0.3) is 0 Å². The van der Waals surface area contributed by atoms with Crippen LogP contribution >= 0.6 is 0 Å². The Morgan fingerprint density at radius 3 is 2.54 bits per heavy atom. The van der Waals surface area contributed by atoms with Crippen LogP contribution in [-0.4, -0.2) is 20.4 Å². The number of aromatic nitrogens is 2. The molecular weight excluding hydrogens is 389 g/mol. The van der Waals surface area contributed by atoms with E-state index >= 15 is 0 Å². The fourth-order valence-electron chi connectivity index (χ4n) is 2.76. The number of aryl methyl sites for hydroxylation is 1. The van der Waals surface area contributed by atoms with Crippen LogP contribution in [0.2, 0.25) is 0 Å². The number of hydrogen-bond donors (Lipinski definition) is 2. The third kappa shape index (κ3) is 4.86. The van der Waals surface area contributed by atoms with Crippen molar-refractivity contribution in [1.82, 2.24) is 9.97 Å². The molecular formula is C19H17F3N4OS. The molecule has 2 aromatic carbocycles. The summed E-state index contributed by atoms with van der Waals surface area (Å²) in [5, 5.41) is 2.90. The first-order valence-electron chi connectivity index (χ1n) is 8.18. The first kappa shape index (κ1) is 19.8. The van der Waals surface area contributed by atoms with Crippen molar-refractivity contribution in [2.24, 2.45) is 0 Å². The minimum atomic E-state index is -2.72. The molecule has 0 saturated carbocycles. The maximum Gasteiger partial charge on any atom is 0.227 e. The van der Waals surface area contributed by atoms with Gasteiger partial charge in [0.1, 0.15) is 17.3 Å². The van der Waals surface area contributed by atoms with Crippen molar-refractivity contribution in [2.45, 2.75) is 12.7 Å². The molecule has 0 unspecified atom stereocenters.